The fraction of sp³-hybridized carbons (Fsp3) is 0.133. The molecule has 0 saturated heterocycles. The van der Waals surface area contributed by atoms with Gasteiger partial charge in [-0.3, -0.25) is 0 Å². The molecule has 2 heterocycles. The molecular formula is C15H14ClN5O. The van der Waals surface area contributed by atoms with Crippen molar-refractivity contribution in [3.63, 3.8) is 0 Å². The molecule has 1 aliphatic rings. The predicted molar refractivity (Wildman–Crippen MR) is 87.0 cm³/mol. The van der Waals surface area contributed by atoms with Crippen LogP contribution in [0.4, 0.5) is 5.69 Å². The van der Waals surface area contributed by atoms with Gasteiger partial charge in [-0.25, -0.2) is 15.0 Å². The molecule has 1 aromatic heterocycles. The van der Waals surface area contributed by atoms with Gasteiger partial charge in [-0.15, -0.1) is 0 Å². The summed E-state index contributed by atoms with van der Waals surface area (Å²) >= 11 is 5.90. The maximum absolute atomic E-state index is 9.17. The van der Waals surface area contributed by atoms with Gasteiger partial charge in [0.05, 0.1) is 12.9 Å². The van der Waals surface area contributed by atoms with Gasteiger partial charge in [0, 0.05) is 17.4 Å². The summed E-state index contributed by atoms with van der Waals surface area (Å²) in [4.78, 5) is 12.7. The summed E-state index contributed by atoms with van der Waals surface area (Å²) in [6.45, 7) is -0.00494. The number of guanidine groups is 1. The van der Waals surface area contributed by atoms with Gasteiger partial charge < -0.3 is 15.7 Å². The summed E-state index contributed by atoms with van der Waals surface area (Å²) in [5, 5.41) is 15.7. The van der Waals surface area contributed by atoms with Crippen LogP contribution in [0.3, 0.4) is 0 Å². The smallest absolute Gasteiger partial charge is 0.203 e. The van der Waals surface area contributed by atoms with Crippen molar-refractivity contribution in [3.05, 3.63) is 58.9 Å². The molecule has 0 amide bonds. The summed E-state index contributed by atoms with van der Waals surface area (Å²) in [5.74, 6) is 0.572. The van der Waals surface area contributed by atoms with E-state index in [4.69, 9.17) is 11.6 Å². The molecule has 0 saturated carbocycles. The third kappa shape index (κ3) is 3.41. The van der Waals surface area contributed by atoms with E-state index in [2.05, 4.69) is 25.6 Å². The lowest BCUT2D eigenvalue weighted by molar-refractivity contribution is 0.282. The van der Waals surface area contributed by atoms with E-state index >= 15 is 0 Å². The Bertz CT molecular complexity index is 731. The van der Waals surface area contributed by atoms with Crippen molar-refractivity contribution in [2.24, 2.45) is 9.98 Å². The minimum absolute atomic E-state index is 0.00494. The number of nitrogens with one attached hydrogen (secondary N) is 2. The van der Waals surface area contributed by atoms with Gasteiger partial charge in [0.1, 0.15) is 5.15 Å². The van der Waals surface area contributed by atoms with Crippen molar-refractivity contribution in [3.8, 4) is 0 Å². The zero-order chi connectivity index (χ0) is 15.4. The van der Waals surface area contributed by atoms with Crippen molar-refractivity contribution < 1.29 is 5.11 Å². The number of benzene rings is 1. The molecule has 0 bridgehead atoms. The van der Waals surface area contributed by atoms with Crippen molar-refractivity contribution in [2.75, 3.05) is 5.32 Å². The maximum Gasteiger partial charge on any atom is 0.203 e. The van der Waals surface area contributed by atoms with Gasteiger partial charge >= 0.3 is 0 Å². The first kappa shape index (κ1) is 14.5. The quantitative estimate of drug-likeness (QED) is 0.759. The van der Waals surface area contributed by atoms with Gasteiger partial charge in [0.25, 0.3) is 0 Å². The van der Waals surface area contributed by atoms with Gasteiger partial charge in [-0.2, -0.15) is 0 Å². The second-order valence-corrected chi connectivity index (χ2v) is 5.06. The van der Waals surface area contributed by atoms with Gasteiger partial charge in [0.15, 0.2) is 6.17 Å². The van der Waals surface area contributed by atoms with E-state index in [0.29, 0.717) is 11.1 Å². The first-order valence-electron chi connectivity index (χ1n) is 6.69. The molecule has 7 heteroatoms. The summed E-state index contributed by atoms with van der Waals surface area (Å²) in [6, 6.07) is 11.0. The normalized spacial score (nSPS) is 16.8. The van der Waals surface area contributed by atoms with E-state index in [-0.39, 0.29) is 12.8 Å². The lowest BCUT2D eigenvalue weighted by Gasteiger charge is -2.18. The average Bonchev–Trinajstić information content (AvgIpc) is 2.55. The highest BCUT2D eigenvalue weighted by Gasteiger charge is 2.14. The fourth-order valence-electron chi connectivity index (χ4n) is 2.05. The van der Waals surface area contributed by atoms with Gasteiger partial charge in [0.2, 0.25) is 5.96 Å². The molecule has 1 atom stereocenters. The Morgan fingerprint density at radius 3 is 3.00 bits per heavy atom. The number of pyridine rings is 1. The molecule has 3 N–H and O–H groups in total. The Hall–Kier alpha value is -2.44. The monoisotopic (exact) mass is 315 g/mol. The van der Waals surface area contributed by atoms with Crippen LogP contribution >= 0.6 is 11.6 Å². The van der Waals surface area contributed by atoms with Crippen LogP contribution in [0.25, 0.3) is 0 Å². The van der Waals surface area contributed by atoms with Crippen LogP contribution in [0, 0.1) is 0 Å². The van der Waals surface area contributed by atoms with Gasteiger partial charge in [-0.1, -0.05) is 23.7 Å². The number of hydrogen-bond donors (Lipinski definition) is 3. The first-order chi connectivity index (χ1) is 10.7. The van der Waals surface area contributed by atoms with Crippen LogP contribution in [0.15, 0.2) is 52.6 Å². The Labute approximate surface area is 132 Å². The number of nitrogens with zero attached hydrogens (tertiary/aromatic N) is 3. The molecular weight excluding hydrogens is 302 g/mol. The number of hydrogen-bond acceptors (Lipinski definition) is 6. The van der Waals surface area contributed by atoms with Crippen molar-refractivity contribution in [2.45, 2.75) is 12.8 Å². The Kier molecular flexibility index (Phi) is 4.32. The maximum atomic E-state index is 9.17. The number of anilines is 1. The molecule has 112 valence electrons. The van der Waals surface area contributed by atoms with Crippen molar-refractivity contribution >= 4 is 29.6 Å². The molecule has 1 aliphatic heterocycles. The average molecular weight is 316 g/mol. The predicted octanol–water partition coefficient (Wildman–Crippen LogP) is 2.33. The van der Waals surface area contributed by atoms with Crippen LogP contribution in [-0.4, -0.2) is 22.4 Å². The number of aliphatic hydroxyl groups excluding tert-OH is 1. The van der Waals surface area contributed by atoms with E-state index < -0.39 is 0 Å². The van der Waals surface area contributed by atoms with Crippen LogP contribution < -0.4 is 10.6 Å². The fourth-order valence-corrected chi connectivity index (χ4v) is 2.24. The first-order valence-corrected chi connectivity index (χ1v) is 7.06. The molecule has 1 unspecified atom stereocenters. The third-order valence-electron chi connectivity index (χ3n) is 3.09. The molecule has 1 aromatic carbocycles. The minimum Gasteiger partial charge on any atom is -0.392 e. The summed E-state index contributed by atoms with van der Waals surface area (Å²) in [7, 11) is 0. The molecule has 2 aromatic rings. The van der Waals surface area contributed by atoms with Crippen molar-refractivity contribution in [1.82, 2.24) is 10.3 Å². The van der Waals surface area contributed by atoms with E-state index in [1.165, 1.54) is 0 Å². The van der Waals surface area contributed by atoms with Crippen molar-refractivity contribution in [1.29, 1.82) is 0 Å². The number of aliphatic hydroxyl groups is 1. The topological polar surface area (TPSA) is 81.9 Å². The lowest BCUT2D eigenvalue weighted by atomic mass is 10.2. The third-order valence-corrected chi connectivity index (χ3v) is 3.30. The van der Waals surface area contributed by atoms with E-state index in [1.807, 2.05) is 30.3 Å². The van der Waals surface area contributed by atoms with E-state index in [1.54, 1.807) is 18.6 Å². The molecule has 0 spiro atoms. The minimum atomic E-state index is -0.370. The molecule has 6 nitrogen and oxygen atoms in total. The molecule has 3 rings (SSSR count). The second kappa shape index (κ2) is 6.55. The summed E-state index contributed by atoms with van der Waals surface area (Å²) < 4.78 is 0. The van der Waals surface area contributed by atoms with E-state index in [0.717, 1.165) is 16.8 Å². The van der Waals surface area contributed by atoms with E-state index in [9.17, 15) is 5.11 Å². The molecule has 0 radical (unpaired) electrons. The Morgan fingerprint density at radius 1 is 1.27 bits per heavy atom. The lowest BCUT2D eigenvalue weighted by Crippen LogP contribution is -2.32. The Morgan fingerprint density at radius 2 is 2.18 bits per heavy atom. The highest BCUT2D eigenvalue weighted by atomic mass is 35.5. The number of aliphatic imine (C=N–C) groups is 2. The standard InChI is InChI=1S/C15H14ClN5O/c16-13-7-11(4-5-17-13)14-18-9-19-15(21-14)20-12-3-1-2-10(6-12)8-22/h1-7,9,14,22H,8H2,(H2,18,19,20,21). The number of aromatic nitrogens is 1. The van der Waals surface area contributed by atoms with Crippen LogP contribution in [-0.2, 0) is 6.61 Å². The number of rotatable bonds is 3. The van der Waals surface area contributed by atoms with Crippen LogP contribution in [0.2, 0.25) is 5.15 Å². The number of halogens is 1. The van der Waals surface area contributed by atoms with Gasteiger partial charge in [-0.05, 0) is 29.8 Å². The molecule has 22 heavy (non-hydrogen) atoms. The molecule has 0 aliphatic carbocycles. The molecule has 0 fully saturated rings. The van der Waals surface area contributed by atoms with Crippen LogP contribution in [0.1, 0.15) is 17.3 Å². The SMILES string of the molecule is OCc1cccc(NC2=NC(c3ccnc(Cl)c3)N=CN2)c1. The summed E-state index contributed by atoms with van der Waals surface area (Å²) in [6.07, 6.45) is 2.84. The highest BCUT2D eigenvalue weighted by molar-refractivity contribution is 6.29. The highest BCUT2D eigenvalue weighted by Crippen LogP contribution is 2.22. The largest absolute Gasteiger partial charge is 0.392 e. The van der Waals surface area contributed by atoms with Crippen LogP contribution in [0.5, 0.6) is 0 Å². The zero-order valence-electron chi connectivity index (χ0n) is 11.6. The Balaban J connectivity index is 1.79. The summed E-state index contributed by atoms with van der Waals surface area (Å²) in [5.41, 5.74) is 2.52. The zero-order valence-corrected chi connectivity index (χ0v) is 12.3. The second-order valence-electron chi connectivity index (χ2n) is 4.67.